The summed E-state index contributed by atoms with van der Waals surface area (Å²) >= 11 is 0. The highest BCUT2D eigenvalue weighted by Gasteiger charge is 2.21. The molecular weight excluding hydrogens is 424 g/mol. The predicted molar refractivity (Wildman–Crippen MR) is 129 cm³/mol. The third kappa shape index (κ3) is 5.26. The highest BCUT2D eigenvalue weighted by molar-refractivity contribution is 7.92. The van der Waals surface area contributed by atoms with Crippen molar-refractivity contribution in [1.29, 1.82) is 0 Å². The van der Waals surface area contributed by atoms with Crippen molar-refractivity contribution in [3.8, 4) is 5.69 Å². The first-order valence-electron chi connectivity index (χ1n) is 10.2. The number of sulfonamides is 1. The quantitative estimate of drug-likeness (QED) is 0.439. The molecule has 0 aliphatic carbocycles. The summed E-state index contributed by atoms with van der Waals surface area (Å²) in [5.74, 6) is -0.526. The molecule has 8 heteroatoms. The normalized spacial score (nSPS) is 11.7. The van der Waals surface area contributed by atoms with Gasteiger partial charge in [0.15, 0.2) is 0 Å². The lowest BCUT2D eigenvalue weighted by Gasteiger charge is -2.22. The Morgan fingerprint density at radius 2 is 1.72 bits per heavy atom. The van der Waals surface area contributed by atoms with Gasteiger partial charge in [-0.3, -0.25) is 9.10 Å². The number of aromatic nitrogens is 1. The van der Waals surface area contributed by atoms with Gasteiger partial charge >= 0.3 is 0 Å². The molecule has 7 nitrogen and oxygen atoms in total. The molecule has 0 spiro atoms. The van der Waals surface area contributed by atoms with Crippen LogP contribution in [0.15, 0.2) is 59.7 Å². The zero-order valence-corrected chi connectivity index (χ0v) is 19.8. The Morgan fingerprint density at radius 3 is 2.34 bits per heavy atom. The Morgan fingerprint density at radius 1 is 1.03 bits per heavy atom. The summed E-state index contributed by atoms with van der Waals surface area (Å²) in [5.41, 5.74) is 8.81. The van der Waals surface area contributed by atoms with E-state index in [1.165, 1.54) is 0 Å². The standard InChI is InChI=1S/C24H28N4O3S/c1-17-11-12-23(13-18(17)2)27(32(5,30)31)16-24(29)26-25-15-21-14-19(3)28(20(21)4)22-9-7-6-8-10-22/h6-15H,16H2,1-5H3,(H,26,29)/b25-15-. The van der Waals surface area contributed by atoms with Crippen LogP contribution in [0.4, 0.5) is 5.69 Å². The second-order valence-electron chi connectivity index (χ2n) is 7.83. The van der Waals surface area contributed by atoms with Crippen molar-refractivity contribution in [2.45, 2.75) is 27.7 Å². The van der Waals surface area contributed by atoms with Gasteiger partial charge in [0, 0.05) is 22.6 Å². The second kappa shape index (κ2) is 9.40. The van der Waals surface area contributed by atoms with Crippen LogP contribution in [0.25, 0.3) is 5.69 Å². The number of hydrogen-bond acceptors (Lipinski definition) is 4. The molecule has 0 atom stereocenters. The van der Waals surface area contributed by atoms with E-state index in [9.17, 15) is 13.2 Å². The number of amides is 1. The van der Waals surface area contributed by atoms with Gasteiger partial charge in [-0.25, -0.2) is 13.8 Å². The Hall–Kier alpha value is -3.39. The minimum atomic E-state index is -3.64. The molecule has 0 fully saturated rings. The van der Waals surface area contributed by atoms with Gasteiger partial charge in [0.25, 0.3) is 5.91 Å². The highest BCUT2D eigenvalue weighted by atomic mass is 32.2. The Kier molecular flexibility index (Phi) is 6.84. The lowest BCUT2D eigenvalue weighted by Crippen LogP contribution is -2.39. The van der Waals surface area contributed by atoms with E-state index >= 15 is 0 Å². The van der Waals surface area contributed by atoms with Gasteiger partial charge in [0.05, 0.1) is 18.2 Å². The number of nitrogens with zero attached hydrogens (tertiary/aromatic N) is 3. The molecule has 1 amide bonds. The van der Waals surface area contributed by atoms with Crippen molar-refractivity contribution in [2.24, 2.45) is 5.10 Å². The molecule has 0 saturated heterocycles. The number of para-hydroxylation sites is 1. The van der Waals surface area contributed by atoms with Crippen LogP contribution in [-0.2, 0) is 14.8 Å². The fourth-order valence-electron chi connectivity index (χ4n) is 3.51. The molecule has 0 aliphatic heterocycles. The Bertz CT molecular complexity index is 1260. The maximum absolute atomic E-state index is 12.5. The minimum absolute atomic E-state index is 0.359. The summed E-state index contributed by atoms with van der Waals surface area (Å²) in [6, 6.07) is 17.2. The molecule has 1 N–H and O–H groups in total. The van der Waals surface area contributed by atoms with Gasteiger partial charge in [0.1, 0.15) is 6.54 Å². The molecule has 1 heterocycles. The highest BCUT2D eigenvalue weighted by Crippen LogP contribution is 2.21. The molecular formula is C24H28N4O3S. The van der Waals surface area contributed by atoms with E-state index in [0.717, 1.165) is 44.3 Å². The van der Waals surface area contributed by atoms with Crippen LogP contribution in [0.2, 0.25) is 0 Å². The number of benzene rings is 2. The smallest absolute Gasteiger partial charge is 0.260 e. The number of nitrogens with one attached hydrogen (secondary N) is 1. The van der Waals surface area contributed by atoms with Crippen molar-refractivity contribution < 1.29 is 13.2 Å². The van der Waals surface area contributed by atoms with Crippen LogP contribution in [0.3, 0.4) is 0 Å². The van der Waals surface area contributed by atoms with E-state index in [1.807, 2.05) is 70.2 Å². The molecule has 0 bridgehead atoms. The molecule has 0 unspecified atom stereocenters. The van der Waals surface area contributed by atoms with E-state index < -0.39 is 15.9 Å². The summed E-state index contributed by atoms with van der Waals surface area (Å²) in [6.07, 6.45) is 2.65. The van der Waals surface area contributed by atoms with Gasteiger partial charge in [0.2, 0.25) is 10.0 Å². The maximum atomic E-state index is 12.5. The van der Waals surface area contributed by atoms with Crippen molar-refractivity contribution >= 4 is 27.8 Å². The summed E-state index contributed by atoms with van der Waals surface area (Å²) in [4.78, 5) is 12.5. The van der Waals surface area contributed by atoms with Gasteiger partial charge in [-0.05, 0) is 69.2 Å². The molecule has 3 aromatic rings. The SMILES string of the molecule is Cc1ccc(N(CC(=O)N/N=C\c2cc(C)n(-c3ccccc3)c2C)S(C)(=O)=O)cc1C. The second-order valence-corrected chi connectivity index (χ2v) is 9.74. The topological polar surface area (TPSA) is 83.8 Å². The largest absolute Gasteiger partial charge is 0.318 e. The zero-order chi connectivity index (χ0) is 23.5. The number of carbonyl (C=O) groups excluding carboxylic acids is 1. The van der Waals surface area contributed by atoms with Gasteiger partial charge in [-0.15, -0.1) is 0 Å². The van der Waals surface area contributed by atoms with Crippen molar-refractivity contribution in [1.82, 2.24) is 9.99 Å². The number of hydrogen-bond donors (Lipinski definition) is 1. The molecule has 32 heavy (non-hydrogen) atoms. The summed E-state index contributed by atoms with van der Waals surface area (Å²) in [5, 5.41) is 4.05. The summed E-state index contributed by atoms with van der Waals surface area (Å²) in [6.45, 7) is 7.47. The third-order valence-electron chi connectivity index (χ3n) is 5.34. The summed E-state index contributed by atoms with van der Waals surface area (Å²) in [7, 11) is -3.64. The predicted octanol–water partition coefficient (Wildman–Crippen LogP) is 3.63. The maximum Gasteiger partial charge on any atom is 0.260 e. The number of rotatable bonds is 7. The average Bonchev–Trinajstić information content (AvgIpc) is 3.01. The van der Waals surface area contributed by atoms with Gasteiger partial charge < -0.3 is 4.57 Å². The first-order valence-corrected chi connectivity index (χ1v) is 12.0. The van der Waals surface area contributed by atoms with Crippen LogP contribution in [0.5, 0.6) is 0 Å². The molecule has 3 rings (SSSR count). The number of carbonyl (C=O) groups is 1. The number of hydrazone groups is 1. The average molecular weight is 453 g/mol. The lowest BCUT2D eigenvalue weighted by atomic mass is 10.1. The summed E-state index contributed by atoms with van der Waals surface area (Å²) < 4.78 is 27.7. The van der Waals surface area contributed by atoms with E-state index in [0.29, 0.717) is 5.69 Å². The van der Waals surface area contributed by atoms with Crippen LogP contribution in [-0.4, -0.2) is 37.9 Å². The minimum Gasteiger partial charge on any atom is -0.318 e. The molecule has 2 aromatic carbocycles. The van der Waals surface area contributed by atoms with Crippen molar-refractivity contribution in [3.63, 3.8) is 0 Å². The van der Waals surface area contributed by atoms with E-state index in [1.54, 1.807) is 18.3 Å². The Labute approximate surface area is 189 Å². The fraction of sp³-hybridized carbons (Fsp3) is 0.250. The number of anilines is 1. The third-order valence-corrected chi connectivity index (χ3v) is 6.48. The first-order chi connectivity index (χ1) is 15.1. The lowest BCUT2D eigenvalue weighted by molar-refractivity contribution is -0.119. The molecule has 0 saturated carbocycles. The van der Waals surface area contributed by atoms with E-state index in [-0.39, 0.29) is 6.54 Å². The van der Waals surface area contributed by atoms with Crippen LogP contribution in [0, 0.1) is 27.7 Å². The molecule has 168 valence electrons. The first kappa shape index (κ1) is 23.3. The van der Waals surface area contributed by atoms with E-state index in [4.69, 9.17) is 0 Å². The molecule has 0 radical (unpaired) electrons. The fourth-order valence-corrected chi connectivity index (χ4v) is 4.36. The Balaban J connectivity index is 1.74. The van der Waals surface area contributed by atoms with Crippen molar-refractivity contribution in [3.05, 3.63) is 82.7 Å². The van der Waals surface area contributed by atoms with Gasteiger partial charge in [-0.1, -0.05) is 24.3 Å². The van der Waals surface area contributed by atoms with Gasteiger partial charge in [-0.2, -0.15) is 5.10 Å². The van der Waals surface area contributed by atoms with E-state index in [2.05, 4.69) is 15.1 Å². The zero-order valence-electron chi connectivity index (χ0n) is 19.0. The molecule has 1 aromatic heterocycles. The van der Waals surface area contributed by atoms with Crippen LogP contribution < -0.4 is 9.73 Å². The van der Waals surface area contributed by atoms with Crippen LogP contribution >= 0.6 is 0 Å². The van der Waals surface area contributed by atoms with Crippen LogP contribution in [0.1, 0.15) is 28.1 Å². The molecule has 0 aliphatic rings. The number of aryl methyl sites for hydroxylation is 3. The van der Waals surface area contributed by atoms with Crippen molar-refractivity contribution in [2.75, 3.05) is 17.1 Å². The monoisotopic (exact) mass is 452 g/mol.